The predicted octanol–water partition coefficient (Wildman–Crippen LogP) is 21.4. The molecule has 1 aliphatic carbocycles. The molecule has 1 atom stereocenters. The molecule has 2 heterocycles. The number of allylic oxidation sites excluding steroid dienone is 4. The first-order valence-electron chi connectivity index (χ1n) is 28.2. The fourth-order valence-electron chi connectivity index (χ4n) is 11.9. The van der Waals surface area contributed by atoms with Gasteiger partial charge >= 0.3 is 0 Å². The van der Waals surface area contributed by atoms with Crippen molar-refractivity contribution in [3.05, 3.63) is 235 Å². The summed E-state index contributed by atoms with van der Waals surface area (Å²) in [5.41, 5.74) is 24.0. The van der Waals surface area contributed by atoms with E-state index in [-0.39, 0.29) is 21.7 Å². The minimum atomic E-state index is 0.100. The second-order valence-electron chi connectivity index (χ2n) is 26.4. The van der Waals surface area contributed by atoms with Crippen LogP contribution in [0.25, 0.3) is 105 Å². The van der Waals surface area contributed by atoms with Gasteiger partial charge in [0.25, 0.3) is 0 Å². The molecule has 0 aliphatic heterocycles. The standard InChI is InChI=1S/C76H74N2/c1-73(2,3)59-29-13-51(14-30-59)55-25-41-69-65(45-55)66-46-56(52-15-31-60(32-16-52)74(4,5)6)26-42-70(66)77(69)63-37-21-49(22-38-63)50-23-39-64(40-24-50)78-71-43-27-57(53-17-33-61(34-18-53)75(7,8)9)47-67(71)68-48-58(28-44-72(68)78)54-19-35-62(36-20-54)76(10,11)12/h13-35,37-48,62H,36H2,1-12H3. The number of aromatic nitrogens is 2. The van der Waals surface area contributed by atoms with Crippen LogP contribution in [0.1, 0.15) is 112 Å². The molecule has 0 radical (unpaired) electrons. The van der Waals surface area contributed by atoms with Crippen molar-refractivity contribution < 1.29 is 0 Å². The molecule has 0 saturated heterocycles. The molecule has 2 aromatic heterocycles. The number of rotatable bonds is 7. The van der Waals surface area contributed by atoms with E-state index in [2.05, 4.69) is 305 Å². The summed E-state index contributed by atoms with van der Waals surface area (Å²) in [6.07, 6.45) is 8.28. The Labute approximate surface area is 463 Å². The summed E-state index contributed by atoms with van der Waals surface area (Å²) in [5, 5.41) is 5.03. The van der Waals surface area contributed by atoms with Gasteiger partial charge in [0.15, 0.2) is 0 Å². The van der Waals surface area contributed by atoms with Crippen LogP contribution < -0.4 is 0 Å². The van der Waals surface area contributed by atoms with Gasteiger partial charge in [0.05, 0.1) is 22.1 Å². The highest BCUT2D eigenvalue weighted by Crippen LogP contribution is 2.42. The third kappa shape index (κ3) is 9.44. The van der Waals surface area contributed by atoms with Crippen molar-refractivity contribution in [3.8, 4) is 55.9 Å². The van der Waals surface area contributed by atoms with Crippen molar-refractivity contribution in [2.75, 3.05) is 0 Å². The summed E-state index contributed by atoms with van der Waals surface area (Å²) in [5.74, 6) is 0.536. The SMILES string of the molecule is CC(C)(C)c1ccc(-c2ccc3c(c2)c2cc(C4=CCC(C(C)(C)C)C=C4)ccc2n3-c2ccc(-c3ccc(-n4c5ccc(-c6ccc(C(C)(C)C)cc6)cc5c5cc(-c6ccc(C(C)(C)C)cc6)ccc54)cc3)cc2)cc1. The summed E-state index contributed by atoms with van der Waals surface area (Å²) < 4.78 is 4.90. The summed E-state index contributed by atoms with van der Waals surface area (Å²) in [6.45, 7) is 27.5. The van der Waals surface area contributed by atoms with Crippen LogP contribution in [0.2, 0.25) is 0 Å². The van der Waals surface area contributed by atoms with Gasteiger partial charge < -0.3 is 9.13 Å². The number of hydrogen-bond acceptors (Lipinski definition) is 0. The average Bonchev–Trinajstić information content (AvgIpc) is 4.08. The van der Waals surface area contributed by atoms with Gasteiger partial charge in [-0.05, 0) is 179 Å². The van der Waals surface area contributed by atoms with E-state index in [1.807, 2.05) is 0 Å². The van der Waals surface area contributed by atoms with Crippen molar-refractivity contribution >= 4 is 49.2 Å². The van der Waals surface area contributed by atoms with Crippen LogP contribution in [0.3, 0.4) is 0 Å². The van der Waals surface area contributed by atoms with Crippen LogP contribution in [0.15, 0.2) is 212 Å². The van der Waals surface area contributed by atoms with E-state index in [1.54, 1.807) is 0 Å². The second-order valence-corrected chi connectivity index (χ2v) is 26.4. The zero-order chi connectivity index (χ0) is 54.5. The Morgan fingerprint density at radius 2 is 0.577 bits per heavy atom. The number of benzene rings is 9. The zero-order valence-electron chi connectivity index (χ0n) is 47.9. The largest absolute Gasteiger partial charge is 0.309 e. The van der Waals surface area contributed by atoms with Crippen LogP contribution in [-0.4, -0.2) is 9.13 Å². The van der Waals surface area contributed by atoms with Crippen molar-refractivity contribution in [1.82, 2.24) is 9.13 Å². The minimum Gasteiger partial charge on any atom is -0.309 e. The lowest BCUT2D eigenvalue weighted by atomic mass is 9.76. The van der Waals surface area contributed by atoms with Crippen LogP contribution in [0.4, 0.5) is 0 Å². The fourth-order valence-corrected chi connectivity index (χ4v) is 11.9. The highest BCUT2D eigenvalue weighted by atomic mass is 15.0. The Bertz CT molecular complexity index is 4010. The monoisotopic (exact) mass is 1010 g/mol. The smallest absolute Gasteiger partial charge is 0.0541 e. The predicted molar refractivity (Wildman–Crippen MR) is 338 cm³/mol. The highest BCUT2D eigenvalue weighted by molar-refractivity contribution is 6.13. The molecule has 0 N–H and O–H groups in total. The van der Waals surface area contributed by atoms with Gasteiger partial charge in [-0.3, -0.25) is 0 Å². The molecule has 0 saturated carbocycles. The van der Waals surface area contributed by atoms with Gasteiger partial charge in [0, 0.05) is 32.9 Å². The van der Waals surface area contributed by atoms with Gasteiger partial charge in [0.2, 0.25) is 0 Å². The van der Waals surface area contributed by atoms with Crippen molar-refractivity contribution in [1.29, 1.82) is 0 Å². The lowest BCUT2D eigenvalue weighted by Gasteiger charge is -2.29. The molecule has 0 fully saturated rings. The molecule has 388 valence electrons. The van der Waals surface area contributed by atoms with Crippen LogP contribution in [0, 0.1) is 11.3 Å². The molecule has 2 heteroatoms. The van der Waals surface area contributed by atoms with E-state index < -0.39 is 0 Å². The maximum atomic E-state index is 2.45. The number of fused-ring (bicyclic) bond motifs is 6. The lowest BCUT2D eigenvalue weighted by molar-refractivity contribution is 0.294. The molecule has 2 nitrogen and oxygen atoms in total. The van der Waals surface area contributed by atoms with Crippen LogP contribution in [0.5, 0.6) is 0 Å². The Hall–Kier alpha value is -7.94. The highest BCUT2D eigenvalue weighted by Gasteiger charge is 2.25. The molecule has 0 amide bonds. The molecular weight excluding hydrogens is 941 g/mol. The van der Waals surface area contributed by atoms with Gasteiger partial charge in [0.1, 0.15) is 0 Å². The Morgan fingerprint density at radius 1 is 0.308 bits per heavy atom. The molecule has 11 aromatic rings. The van der Waals surface area contributed by atoms with Crippen LogP contribution >= 0.6 is 0 Å². The Balaban J connectivity index is 0.905. The first kappa shape index (κ1) is 50.9. The minimum absolute atomic E-state index is 0.100. The number of nitrogens with zero attached hydrogens (tertiary/aromatic N) is 2. The normalized spacial score (nSPS) is 14.5. The molecule has 78 heavy (non-hydrogen) atoms. The maximum Gasteiger partial charge on any atom is 0.0541 e. The molecule has 9 aromatic carbocycles. The summed E-state index contributed by atoms with van der Waals surface area (Å²) in [6, 6.07) is 73.9. The first-order chi connectivity index (χ1) is 37.2. The van der Waals surface area contributed by atoms with E-state index in [9.17, 15) is 0 Å². The van der Waals surface area contributed by atoms with E-state index in [1.165, 1.54) is 116 Å². The fraction of sp³-hybridized carbons (Fsp3) is 0.237. The van der Waals surface area contributed by atoms with Crippen molar-refractivity contribution in [2.45, 2.75) is 106 Å². The topological polar surface area (TPSA) is 9.86 Å². The molecular formula is C76H74N2. The summed E-state index contributed by atoms with van der Waals surface area (Å²) in [7, 11) is 0. The zero-order valence-corrected chi connectivity index (χ0v) is 47.9. The average molecular weight is 1020 g/mol. The van der Waals surface area contributed by atoms with Gasteiger partial charge in [-0.25, -0.2) is 0 Å². The third-order valence-corrected chi connectivity index (χ3v) is 16.9. The van der Waals surface area contributed by atoms with E-state index >= 15 is 0 Å². The van der Waals surface area contributed by atoms with E-state index in [0.29, 0.717) is 5.92 Å². The quantitative estimate of drug-likeness (QED) is 0.151. The maximum absolute atomic E-state index is 2.45. The van der Waals surface area contributed by atoms with E-state index in [0.717, 1.165) is 17.8 Å². The molecule has 0 bridgehead atoms. The van der Waals surface area contributed by atoms with Gasteiger partial charge in [-0.1, -0.05) is 223 Å². The lowest BCUT2D eigenvalue weighted by Crippen LogP contribution is -2.19. The molecule has 1 unspecified atom stereocenters. The summed E-state index contributed by atoms with van der Waals surface area (Å²) in [4.78, 5) is 0. The molecule has 12 rings (SSSR count). The Morgan fingerprint density at radius 3 is 0.859 bits per heavy atom. The van der Waals surface area contributed by atoms with Crippen molar-refractivity contribution in [2.24, 2.45) is 11.3 Å². The first-order valence-corrected chi connectivity index (χ1v) is 28.2. The Kier molecular flexibility index (Phi) is 12.3. The third-order valence-electron chi connectivity index (χ3n) is 16.9. The van der Waals surface area contributed by atoms with Gasteiger partial charge in [-0.15, -0.1) is 0 Å². The van der Waals surface area contributed by atoms with Crippen molar-refractivity contribution in [3.63, 3.8) is 0 Å². The molecule has 1 aliphatic rings. The van der Waals surface area contributed by atoms with E-state index in [4.69, 9.17) is 0 Å². The van der Waals surface area contributed by atoms with Gasteiger partial charge in [-0.2, -0.15) is 0 Å². The second kappa shape index (κ2) is 18.9. The summed E-state index contributed by atoms with van der Waals surface area (Å²) >= 11 is 0. The number of hydrogen-bond donors (Lipinski definition) is 0. The van der Waals surface area contributed by atoms with Crippen LogP contribution in [-0.2, 0) is 16.2 Å². The molecule has 0 spiro atoms.